The third kappa shape index (κ3) is 2.50. The highest BCUT2D eigenvalue weighted by molar-refractivity contribution is 5.84. The van der Waals surface area contributed by atoms with Gasteiger partial charge in [0.25, 0.3) is 0 Å². The summed E-state index contributed by atoms with van der Waals surface area (Å²) in [5, 5.41) is 0. The van der Waals surface area contributed by atoms with Crippen molar-refractivity contribution in [3.8, 4) is 5.75 Å². The zero-order chi connectivity index (χ0) is 13.6. The second-order valence-corrected chi connectivity index (χ2v) is 4.21. The summed E-state index contributed by atoms with van der Waals surface area (Å²) in [6.07, 6.45) is 1.39. The predicted molar refractivity (Wildman–Crippen MR) is 71.9 cm³/mol. The van der Waals surface area contributed by atoms with Crippen molar-refractivity contribution in [2.45, 2.75) is 39.0 Å². The second-order valence-electron chi connectivity index (χ2n) is 4.21. The van der Waals surface area contributed by atoms with E-state index in [2.05, 4.69) is 0 Å². The van der Waals surface area contributed by atoms with Gasteiger partial charge in [0.1, 0.15) is 5.75 Å². The number of hydrogen-bond acceptors (Lipinski definition) is 3. The lowest BCUT2D eigenvalue weighted by Gasteiger charge is -2.30. The predicted octanol–water partition coefficient (Wildman–Crippen LogP) is 3.32. The molecule has 0 aliphatic heterocycles. The third-order valence-electron chi connectivity index (χ3n) is 3.49. The summed E-state index contributed by atoms with van der Waals surface area (Å²) in [6, 6.07) is 7.71. The Balaban J connectivity index is 3.33. The van der Waals surface area contributed by atoms with Crippen LogP contribution in [0.25, 0.3) is 0 Å². The molecule has 0 fully saturated rings. The van der Waals surface area contributed by atoms with Crippen molar-refractivity contribution in [1.82, 2.24) is 0 Å². The number of rotatable bonds is 6. The topological polar surface area (TPSA) is 35.5 Å². The molecule has 0 saturated carbocycles. The van der Waals surface area contributed by atoms with E-state index in [1.54, 1.807) is 0 Å². The molecule has 0 radical (unpaired) electrons. The Kier molecular flexibility index (Phi) is 5.20. The van der Waals surface area contributed by atoms with Crippen molar-refractivity contribution in [3.05, 3.63) is 29.8 Å². The molecule has 0 aliphatic rings. The summed E-state index contributed by atoms with van der Waals surface area (Å²) >= 11 is 0. The monoisotopic (exact) mass is 250 g/mol. The van der Waals surface area contributed by atoms with Crippen LogP contribution < -0.4 is 4.74 Å². The molecule has 0 bridgehead atoms. The van der Waals surface area contributed by atoms with Gasteiger partial charge in [-0.3, -0.25) is 4.79 Å². The maximum Gasteiger partial charge on any atom is 0.316 e. The van der Waals surface area contributed by atoms with Crippen molar-refractivity contribution in [1.29, 1.82) is 0 Å². The molecule has 1 aromatic rings. The number of hydrogen-bond donors (Lipinski definition) is 0. The largest absolute Gasteiger partial charge is 0.494 e. The Morgan fingerprint density at radius 1 is 1.17 bits per heavy atom. The summed E-state index contributed by atoms with van der Waals surface area (Å²) in [5.41, 5.74) is 0.309. The Morgan fingerprint density at radius 2 is 1.78 bits per heavy atom. The molecule has 1 aromatic carbocycles. The molecular weight excluding hydrogens is 228 g/mol. The van der Waals surface area contributed by atoms with Gasteiger partial charge < -0.3 is 9.47 Å². The van der Waals surface area contributed by atoms with Crippen molar-refractivity contribution in [3.63, 3.8) is 0 Å². The number of benzene rings is 1. The van der Waals surface area contributed by atoms with Crippen LogP contribution >= 0.6 is 0 Å². The SMILES string of the molecule is CCOc1ccccc1C(CC)(CC)C(=O)OC. The second kappa shape index (κ2) is 6.43. The van der Waals surface area contributed by atoms with Gasteiger partial charge in [0.05, 0.1) is 19.1 Å². The number of methoxy groups -OCH3 is 1. The maximum absolute atomic E-state index is 12.2. The van der Waals surface area contributed by atoms with Gasteiger partial charge in [0.15, 0.2) is 0 Å². The van der Waals surface area contributed by atoms with Gasteiger partial charge >= 0.3 is 5.97 Å². The first-order chi connectivity index (χ1) is 8.66. The van der Waals surface area contributed by atoms with E-state index in [1.165, 1.54) is 7.11 Å². The van der Waals surface area contributed by atoms with Gasteiger partial charge in [-0.25, -0.2) is 0 Å². The van der Waals surface area contributed by atoms with Crippen molar-refractivity contribution in [2.24, 2.45) is 0 Å². The number of ether oxygens (including phenoxy) is 2. The first-order valence-corrected chi connectivity index (χ1v) is 6.47. The molecule has 3 heteroatoms. The fraction of sp³-hybridized carbons (Fsp3) is 0.533. The van der Waals surface area contributed by atoms with Crippen LogP contribution in [-0.4, -0.2) is 19.7 Å². The molecule has 1 rings (SSSR count). The molecule has 18 heavy (non-hydrogen) atoms. The highest BCUT2D eigenvalue weighted by Gasteiger charge is 2.40. The first-order valence-electron chi connectivity index (χ1n) is 6.47. The fourth-order valence-electron chi connectivity index (χ4n) is 2.37. The van der Waals surface area contributed by atoms with Crippen LogP contribution in [0.5, 0.6) is 5.75 Å². The summed E-state index contributed by atoms with van der Waals surface area (Å²) < 4.78 is 10.6. The van der Waals surface area contributed by atoms with Gasteiger partial charge in [-0.05, 0) is 25.8 Å². The molecule has 0 aromatic heterocycles. The van der Waals surface area contributed by atoms with Gasteiger partial charge in [-0.1, -0.05) is 32.0 Å². The van der Waals surface area contributed by atoms with Gasteiger partial charge in [0, 0.05) is 5.56 Å². The van der Waals surface area contributed by atoms with Crippen LogP contribution in [0.3, 0.4) is 0 Å². The number of carbonyl (C=O) groups excluding carboxylic acids is 1. The number of esters is 1. The lowest BCUT2D eigenvalue weighted by molar-refractivity contribution is -0.148. The Morgan fingerprint density at radius 3 is 2.28 bits per heavy atom. The molecule has 100 valence electrons. The molecule has 0 atom stereocenters. The van der Waals surface area contributed by atoms with Crippen molar-refractivity contribution >= 4 is 5.97 Å². The van der Waals surface area contributed by atoms with E-state index in [0.29, 0.717) is 19.4 Å². The van der Waals surface area contributed by atoms with Gasteiger partial charge in [-0.2, -0.15) is 0 Å². The minimum Gasteiger partial charge on any atom is -0.494 e. The summed E-state index contributed by atoms with van der Waals surface area (Å²) in [6.45, 7) is 6.53. The summed E-state index contributed by atoms with van der Waals surface area (Å²) in [7, 11) is 1.44. The quantitative estimate of drug-likeness (QED) is 0.727. The molecule has 0 heterocycles. The maximum atomic E-state index is 12.2. The number of para-hydroxylation sites is 1. The smallest absolute Gasteiger partial charge is 0.316 e. The molecule has 0 unspecified atom stereocenters. The van der Waals surface area contributed by atoms with Crippen LogP contribution in [0.2, 0.25) is 0 Å². The van der Waals surface area contributed by atoms with Crippen molar-refractivity contribution in [2.75, 3.05) is 13.7 Å². The van der Waals surface area contributed by atoms with Gasteiger partial charge in [0.2, 0.25) is 0 Å². The molecule has 3 nitrogen and oxygen atoms in total. The molecule has 0 saturated heterocycles. The molecule has 0 aliphatic carbocycles. The third-order valence-corrected chi connectivity index (χ3v) is 3.49. The molecule has 0 amide bonds. The highest BCUT2D eigenvalue weighted by Crippen LogP contribution is 2.38. The highest BCUT2D eigenvalue weighted by atomic mass is 16.5. The van der Waals surface area contributed by atoms with E-state index in [9.17, 15) is 4.79 Å². The normalized spacial score (nSPS) is 11.1. The van der Waals surface area contributed by atoms with E-state index >= 15 is 0 Å². The van der Waals surface area contributed by atoms with Crippen LogP contribution in [0.1, 0.15) is 39.2 Å². The van der Waals surface area contributed by atoms with Crippen LogP contribution in [0.4, 0.5) is 0 Å². The zero-order valence-electron chi connectivity index (χ0n) is 11.7. The molecule has 0 spiro atoms. The minimum atomic E-state index is -0.611. The minimum absolute atomic E-state index is 0.195. The van der Waals surface area contributed by atoms with E-state index in [1.807, 2.05) is 45.0 Å². The number of carbonyl (C=O) groups is 1. The van der Waals surface area contributed by atoms with E-state index in [-0.39, 0.29) is 5.97 Å². The lowest BCUT2D eigenvalue weighted by Crippen LogP contribution is -2.36. The van der Waals surface area contributed by atoms with E-state index in [4.69, 9.17) is 9.47 Å². The average molecular weight is 250 g/mol. The van der Waals surface area contributed by atoms with Crippen molar-refractivity contribution < 1.29 is 14.3 Å². The Labute approximate surface area is 109 Å². The van der Waals surface area contributed by atoms with Gasteiger partial charge in [-0.15, -0.1) is 0 Å². The zero-order valence-corrected chi connectivity index (χ0v) is 11.7. The standard InChI is InChI=1S/C15H22O3/c1-5-15(6-2,14(16)17-4)12-10-8-9-11-13(12)18-7-3/h8-11H,5-7H2,1-4H3. The van der Waals surface area contributed by atoms with E-state index in [0.717, 1.165) is 11.3 Å². The molecule has 0 N–H and O–H groups in total. The van der Waals surface area contributed by atoms with Crippen LogP contribution in [0, 0.1) is 0 Å². The first kappa shape index (κ1) is 14.6. The lowest BCUT2D eigenvalue weighted by atomic mass is 9.75. The van der Waals surface area contributed by atoms with Crippen LogP contribution in [0.15, 0.2) is 24.3 Å². The Bertz CT molecular complexity index is 394. The average Bonchev–Trinajstić information content (AvgIpc) is 2.42. The summed E-state index contributed by atoms with van der Waals surface area (Å²) in [4.78, 5) is 12.2. The van der Waals surface area contributed by atoms with Crippen LogP contribution in [-0.2, 0) is 14.9 Å². The fourth-order valence-corrected chi connectivity index (χ4v) is 2.37. The molecular formula is C15H22O3. The van der Waals surface area contributed by atoms with E-state index < -0.39 is 5.41 Å². The Hall–Kier alpha value is -1.51. The summed E-state index contributed by atoms with van der Waals surface area (Å²) in [5.74, 6) is 0.578.